The van der Waals surface area contributed by atoms with Crippen LogP contribution in [0, 0.1) is 0 Å². The SMILES string of the molecule is COC1(C(F)(F)F)CCN(S(=O)(=O)N2CCNCC2)C1. The molecular formula is C10H18F3N3O3S. The van der Waals surface area contributed by atoms with Crippen LogP contribution in [-0.2, 0) is 14.9 Å². The van der Waals surface area contributed by atoms with E-state index < -0.39 is 28.5 Å². The van der Waals surface area contributed by atoms with Gasteiger partial charge in [-0.15, -0.1) is 0 Å². The molecule has 2 aliphatic rings. The summed E-state index contributed by atoms with van der Waals surface area (Å²) < 4.78 is 70.5. The van der Waals surface area contributed by atoms with Gasteiger partial charge in [-0.3, -0.25) is 0 Å². The lowest BCUT2D eigenvalue weighted by molar-refractivity contribution is -0.262. The normalized spacial score (nSPS) is 30.8. The Balaban J connectivity index is 2.15. The molecular weight excluding hydrogens is 299 g/mol. The Morgan fingerprint density at radius 1 is 1.15 bits per heavy atom. The van der Waals surface area contributed by atoms with Gasteiger partial charge in [-0.2, -0.15) is 30.2 Å². The van der Waals surface area contributed by atoms with E-state index in [-0.39, 0.29) is 26.1 Å². The number of rotatable bonds is 3. The quantitative estimate of drug-likeness (QED) is 0.782. The predicted octanol–water partition coefficient (Wildman–Crippen LogP) is -0.210. The van der Waals surface area contributed by atoms with E-state index in [1.165, 1.54) is 4.31 Å². The molecule has 118 valence electrons. The summed E-state index contributed by atoms with van der Waals surface area (Å²) in [5, 5.41) is 3.00. The van der Waals surface area contributed by atoms with E-state index in [2.05, 4.69) is 10.1 Å². The first kappa shape index (κ1) is 16.0. The second-order valence-corrected chi connectivity index (χ2v) is 6.87. The Labute approximate surface area is 116 Å². The molecule has 2 aliphatic heterocycles. The van der Waals surface area contributed by atoms with Crippen LogP contribution in [0.1, 0.15) is 6.42 Å². The Morgan fingerprint density at radius 3 is 2.20 bits per heavy atom. The summed E-state index contributed by atoms with van der Waals surface area (Å²) in [5.41, 5.74) is -2.39. The molecule has 20 heavy (non-hydrogen) atoms. The van der Waals surface area contributed by atoms with Gasteiger partial charge in [0.2, 0.25) is 0 Å². The highest BCUT2D eigenvalue weighted by Gasteiger charge is 2.60. The lowest BCUT2D eigenvalue weighted by Crippen LogP contribution is -2.54. The summed E-state index contributed by atoms with van der Waals surface area (Å²) in [6.45, 7) is 0.679. The van der Waals surface area contributed by atoms with Crippen LogP contribution in [-0.4, -0.2) is 75.2 Å². The van der Waals surface area contributed by atoms with Gasteiger partial charge in [0.15, 0.2) is 5.60 Å². The Morgan fingerprint density at radius 2 is 1.75 bits per heavy atom. The van der Waals surface area contributed by atoms with Crippen LogP contribution in [0.2, 0.25) is 0 Å². The minimum atomic E-state index is -4.59. The monoisotopic (exact) mass is 317 g/mol. The molecule has 0 aromatic carbocycles. The molecule has 10 heteroatoms. The van der Waals surface area contributed by atoms with Gasteiger partial charge in [0.05, 0.1) is 6.54 Å². The van der Waals surface area contributed by atoms with Gasteiger partial charge in [0, 0.05) is 46.3 Å². The molecule has 2 saturated heterocycles. The number of hydrogen-bond donors (Lipinski definition) is 1. The van der Waals surface area contributed by atoms with E-state index in [0.29, 0.717) is 13.1 Å². The summed E-state index contributed by atoms with van der Waals surface area (Å²) in [4.78, 5) is 0. The van der Waals surface area contributed by atoms with Crippen molar-refractivity contribution in [1.29, 1.82) is 0 Å². The third-order valence-electron chi connectivity index (χ3n) is 3.83. The van der Waals surface area contributed by atoms with Crippen molar-refractivity contribution in [3.8, 4) is 0 Å². The molecule has 2 rings (SSSR count). The van der Waals surface area contributed by atoms with Crippen LogP contribution in [0.4, 0.5) is 13.2 Å². The van der Waals surface area contributed by atoms with Gasteiger partial charge in [0.1, 0.15) is 0 Å². The molecule has 0 aromatic rings. The highest BCUT2D eigenvalue weighted by Crippen LogP contribution is 2.41. The summed E-state index contributed by atoms with van der Waals surface area (Å²) in [6, 6.07) is 0. The van der Waals surface area contributed by atoms with Crippen LogP contribution in [0.5, 0.6) is 0 Å². The second-order valence-electron chi connectivity index (χ2n) is 4.94. The second kappa shape index (κ2) is 5.41. The fraction of sp³-hybridized carbons (Fsp3) is 1.00. The lowest BCUT2D eigenvalue weighted by Gasteiger charge is -2.33. The maximum atomic E-state index is 13.0. The number of halogens is 3. The van der Waals surface area contributed by atoms with Gasteiger partial charge in [0.25, 0.3) is 10.2 Å². The van der Waals surface area contributed by atoms with Crippen molar-refractivity contribution >= 4 is 10.2 Å². The Bertz CT molecular complexity index is 450. The number of nitrogens with zero attached hydrogens (tertiary/aromatic N) is 2. The van der Waals surface area contributed by atoms with Gasteiger partial charge in [-0.1, -0.05) is 0 Å². The molecule has 1 N–H and O–H groups in total. The van der Waals surface area contributed by atoms with E-state index in [0.717, 1.165) is 11.4 Å². The molecule has 0 radical (unpaired) electrons. The predicted molar refractivity (Wildman–Crippen MR) is 65.3 cm³/mol. The third-order valence-corrected chi connectivity index (χ3v) is 5.81. The number of hydrogen-bond acceptors (Lipinski definition) is 4. The van der Waals surface area contributed by atoms with E-state index in [1.807, 2.05) is 0 Å². The van der Waals surface area contributed by atoms with Gasteiger partial charge in [-0.05, 0) is 0 Å². The van der Waals surface area contributed by atoms with Gasteiger partial charge < -0.3 is 10.1 Å². The van der Waals surface area contributed by atoms with E-state index in [4.69, 9.17) is 0 Å². The standard InChI is InChI=1S/C10H18F3N3O3S/c1-19-9(10(11,12)13)2-5-16(8-9)20(17,18)15-6-3-14-4-7-15/h14H,2-8H2,1H3. The summed E-state index contributed by atoms with van der Waals surface area (Å²) >= 11 is 0. The minimum absolute atomic E-state index is 0.181. The van der Waals surface area contributed by atoms with Crippen LogP contribution in [0.15, 0.2) is 0 Å². The number of ether oxygens (including phenoxy) is 1. The van der Waals surface area contributed by atoms with Crippen LogP contribution in [0.3, 0.4) is 0 Å². The van der Waals surface area contributed by atoms with Crippen molar-refractivity contribution in [3.63, 3.8) is 0 Å². The Hall–Kier alpha value is -0.420. The lowest BCUT2D eigenvalue weighted by atomic mass is 10.0. The van der Waals surface area contributed by atoms with Crippen LogP contribution >= 0.6 is 0 Å². The topological polar surface area (TPSA) is 61.9 Å². The minimum Gasteiger partial charge on any atom is -0.367 e. The zero-order valence-electron chi connectivity index (χ0n) is 11.1. The molecule has 0 aromatic heterocycles. The first-order valence-corrected chi connectivity index (χ1v) is 7.70. The zero-order valence-corrected chi connectivity index (χ0v) is 11.9. The van der Waals surface area contributed by atoms with Gasteiger partial charge in [-0.25, -0.2) is 0 Å². The van der Waals surface area contributed by atoms with Gasteiger partial charge >= 0.3 is 6.18 Å². The first-order chi connectivity index (χ1) is 9.23. The van der Waals surface area contributed by atoms with Crippen molar-refractivity contribution in [2.75, 3.05) is 46.4 Å². The van der Waals surface area contributed by atoms with Crippen molar-refractivity contribution in [2.24, 2.45) is 0 Å². The molecule has 2 heterocycles. The smallest absolute Gasteiger partial charge is 0.367 e. The van der Waals surface area contributed by atoms with Crippen molar-refractivity contribution in [3.05, 3.63) is 0 Å². The molecule has 0 aliphatic carbocycles. The Kier molecular flexibility index (Phi) is 4.32. The maximum absolute atomic E-state index is 13.0. The van der Waals surface area contributed by atoms with E-state index in [1.54, 1.807) is 0 Å². The number of piperazine rings is 1. The highest BCUT2D eigenvalue weighted by atomic mass is 32.2. The van der Waals surface area contributed by atoms with E-state index >= 15 is 0 Å². The molecule has 6 nitrogen and oxygen atoms in total. The fourth-order valence-corrected chi connectivity index (χ4v) is 4.16. The molecule has 0 spiro atoms. The van der Waals surface area contributed by atoms with Crippen LogP contribution in [0.25, 0.3) is 0 Å². The van der Waals surface area contributed by atoms with E-state index in [9.17, 15) is 21.6 Å². The first-order valence-electron chi connectivity index (χ1n) is 6.31. The molecule has 0 amide bonds. The zero-order chi connectivity index (χ0) is 15.0. The number of alkyl halides is 3. The average Bonchev–Trinajstić information content (AvgIpc) is 2.85. The third kappa shape index (κ3) is 2.67. The maximum Gasteiger partial charge on any atom is 0.418 e. The van der Waals surface area contributed by atoms with Crippen molar-refractivity contribution in [1.82, 2.24) is 13.9 Å². The molecule has 0 bridgehead atoms. The molecule has 1 unspecified atom stereocenters. The van der Waals surface area contributed by atoms with Crippen LogP contribution < -0.4 is 5.32 Å². The summed E-state index contributed by atoms with van der Waals surface area (Å²) in [7, 11) is -2.89. The molecule has 1 atom stereocenters. The summed E-state index contributed by atoms with van der Waals surface area (Å²) in [6.07, 6.45) is -4.96. The number of nitrogens with one attached hydrogen (secondary N) is 1. The largest absolute Gasteiger partial charge is 0.418 e. The molecule has 0 saturated carbocycles. The number of methoxy groups -OCH3 is 1. The van der Waals surface area contributed by atoms with Crippen molar-refractivity contribution in [2.45, 2.75) is 18.2 Å². The highest BCUT2D eigenvalue weighted by molar-refractivity contribution is 7.86. The van der Waals surface area contributed by atoms with Crippen molar-refractivity contribution < 1.29 is 26.3 Å². The fourth-order valence-electron chi connectivity index (χ4n) is 2.50. The molecule has 2 fully saturated rings. The average molecular weight is 317 g/mol. The summed E-state index contributed by atoms with van der Waals surface area (Å²) in [5.74, 6) is 0.